The zero-order chi connectivity index (χ0) is 24.0. The van der Waals surface area contributed by atoms with Crippen molar-refractivity contribution in [2.75, 3.05) is 0 Å². The van der Waals surface area contributed by atoms with E-state index in [0.29, 0.717) is 16.5 Å². The first kappa shape index (κ1) is 22.9. The van der Waals surface area contributed by atoms with Crippen LogP contribution >= 0.6 is 11.6 Å². The molecule has 0 spiro atoms. The van der Waals surface area contributed by atoms with Gasteiger partial charge in [-0.2, -0.15) is 22.9 Å². The van der Waals surface area contributed by atoms with Crippen LogP contribution in [0.5, 0.6) is 0 Å². The van der Waals surface area contributed by atoms with Gasteiger partial charge < -0.3 is 0 Å². The Labute approximate surface area is 195 Å². The van der Waals surface area contributed by atoms with Crippen LogP contribution in [0, 0.1) is 18.3 Å². The van der Waals surface area contributed by atoms with Gasteiger partial charge >= 0.3 is 0 Å². The van der Waals surface area contributed by atoms with Gasteiger partial charge in [0.15, 0.2) is 0 Å². The van der Waals surface area contributed by atoms with Gasteiger partial charge in [-0.05, 0) is 42.8 Å². The van der Waals surface area contributed by atoms with Gasteiger partial charge in [0, 0.05) is 22.7 Å². The minimum Gasteiger partial charge on any atom is -0.244 e. The van der Waals surface area contributed by atoms with Gasteiger partial charge in [0.2, 0.25) is 10.0 Å². The van der Waals surface area contributed by atoms with Crippen LogP contribution in [0.1, 0.15) is 16.7 Å². The lowest BCUT2D eigenvalue weighted by Gasteiger charge is -2.10. The number of pyridine rings is 1. The van der Waals surface area contributed by atoms with E-state index in [1.807, 2.05) is 13.0 Å². The van der Waals surface area contributed by atoms with Crippen molar-refractivity contribution in [1.82, 2.24) is 14.2 Å². The van der Waals surface area contributed by atoms with E-state index in [-0.39, 0.29) is 26.7 Å². The fraction of sp³-hybridized carbons (Fsp3) is 0.0952. The van der Waals surface area contributed by atoms with E-state index in [2.05, 4.69) is 10.1 Å². The van der Waals surface area contributed by atoms with Crippen LogP contribution in [-0.2, 0) is 25.8 Å². The summed E-state index contributed by atoms with van der Waals surface area (Å²) in [6, 6.07) is 12.9. The highest BCUT2D eigenvalue weighted by Gasteiger charge is 2.22. The summed E-state index contributed by atoms with van der Waals surface area (Å²) in [6.07, 6.45) is 2.71. The maximum atomic E-state index is 13.2. The Morgan fingerprint density at radius 3 is 2.39 bits per heavy atom. The van der Waals surface area contributed by atoms with Crippen LogP contribution in [0.25, 0.3) is 22.0 Å². The lowest BCUT2D eigenvalue weighted by molar-refractivity contribution is 0.582. The highest BCUT2D eigenvalue weighted by Crippen LogP contribution is 2.31. The molecule has 4 aromatic rings. The first-order valence-corrected chi connectivity index (χ1v) is 12.9. The second-order valence-corrected chi connectivity index (χ2v) is 11.1. The molecule has 2 aromatic heterocycles. The first-order chi connectivity index (χ1) is 15.5. The van der Waals surface area contributed by atoms with Gasteiger partial charge in [-0.1, -0.05) is 29.3 Å². The van der Waals surface area contributed by atoms with E-state index in [4.69, 9.17) is 16.7 Å². The number of nitriles is 1. The zero-order valence-electron chi connectivity index (χ0n) is 17.1. The predicted octanol–water partition coefficient (Wildman–Crippen LogP) is 2.96. The minimum atomic E-state index is -4.04. The Balaban J connectivity index is 1.92. The third kappa shape index (κ3) is 4.46. The van der Waals surface area contributed by atoms with Crippen molar-refractivity contribution in [3.63, 3.8) is 0 Å². The SMILES string of the molecule is Cc1ccc(S(=O)(=O)n2ncc3c(C#N)cc(-c4cnc(Cl)c(CS(N)(=O)=O)c4)cc32)cc1. The number of rotatable bonds is 5. The molecular weight excluding hydrogens is 486 g/mol. The molecular formula is C21H16ClN5O4S2. The fourth-order valence-electron chi connectivity index (χ4n) is 3.33. The summed E-state index contributed by atoms with van der Waals surface area (Å²) < 4.78 is 50.4. The number of benzene rings is 2. The molecule has 33 heavy (non-hydrogen) atoms. The van der Waals surface area contributed by atoms with E-state index < -0.39 is 25.8 Å². The van der Waals surface area contributed by atoms with Gasteiger partial charge in [-0.25, -0.2) is 18.5 Å². The predicted molar refractivity (Wildman–Crippen MR) is 123 cm³/mol. The normalized spacial score (nSPS) is 12.1. The van der Waals surface area contributed by atoms with Gasteiger partial charge in [-0.15, -0.1) is 0 Å². The number of nitrogens with zero attached hydrogens (tertiary/aromatic N) is 4. The third-order valence-electron chi connectivity index (χ3n) is 4.92. The van der Waals surface area contributed by atoms with Crippen molar-refractivity contribution >= 4 is 42.6 Å². The molecule has 0 aliphatic heterocycles. The summed E-state index contributed by atoms with van der Waals surface area (Å²) >= 11 is 6.01. The van der Waals surface area contributed by atoms with Crippen LogP contribution < -0.4 is 5.14 Å². The molecule has 2 aromatic carbocycles. The molecule has 0 aliphatic carbocycles. The zero-order valence-corrected chi connectivity index (χ0v) is 19.5. The molecule has 0 saturated carbocycles. The standard InChI is InChI=1S/C21H16ClN5O4S2/c1-13-2-4-18(5-3-13)33(30,31)27-20-8-14(6-15(9-23)19(20)11-26-27)16-7-17(12-32(24,28)29)21(22)25-10-16/h2-8,10-11H,12H2,1H3,(H2,24,28,29). The van der Waals surface area contributed by atoms with Gasteiger partial charge in [-0.3, -0.25) is 0 Å². The van der Waals surface area contributed by atoms with Crippen molar-refractivity contribution in [2.24, 2.45) is 5.14 Å². The molecule has 0 aliphatic rings. The number of sulfonamides is 1. The van der Waals surface area contributed by atoms with E-state index >= 15 is 0 Å². The molecule has 2 N–H and O–H groups in total. The van der Waals surface area contributed by atoms with Crippen LogP contribution in [0.3, 0.4) is 0 Å². The number of fused-ring (bicyclic) bond motifs is 1. The number of aromatic nitrogens is 3. The third-order valence-corrected chi connectivity index (χ3v) is 7.59. The topological polar surface area (TPSA) is 149 Å². The van der Waals surface area contributed by atoms with E-state index in [1.54, 1.807) is 24.3 Å². The van der Waals surface area contributed by atoms with Gasteiger partial charge in [0.25, 0.3) is 10.0 Å². The van der Waals surface area contributed by atoms with E-state index in [1.165, 1.54) is 30.6 Å². The molecule has 0 bridgehead atoms. The van der Waals surface area contributed by atoms with Gasteiger partial charge in [0.1, 0.15) is 5.15 Å². The molecule has 2 heterocycles. The molecule has 0 atom stereocenters. The van der Waals surface area contributed by atoms with Crippen LogP contribution in [-0.4, -0.2) is 31.0 Å². The molecule has 12 heteroatoms. The number of hydrogen-bond donors (Lipinski definition) is 1. The monoisotopic (exact) mass is 501 g/mol. The summed E-state index contributed by atoms with van der Waals surface area (Å²) in [4.78, 5) is 4.06. The summed E-state index contributed by atoms with van der Waals surface area (Å²) in [7, 11) is -7.91. The molecule has 0 saturated heterocycles. The average molecular weight is 502 g/mol. The van der Waals surface area contributed by atoms with Crippen molar-refractivity contribution < 1.29 is 16.8 Å². The van der Waals surface area contributed by atoms with Crippen molar-refractivity contribution in [3.8, 4) is 17.2 Å². The molecule has 4 rings (SSSR count). The Morgan fingerprint density at radius 1 is 1.06 bits per heavy atom. The Kier molecular flexibility index (Phi) is 5.71. The summed E-state index contributed by atoms with van der Waals surface area (Å²) in [5.74, 6) is -0.528. The molecule has 0 unspecified atom stereocenters. The molecule has 0 radical (unpaired) electrons. The number of nitrogens with two attached hydrogens (primary N) is 1. The maximum absolute atomic E-state index is 13.2. The lowest BCUT2D eigenvalue weighted by atomic mass is 10.0. The maximum Gasteiger partial charge on any atom is 0.283 e. The van der Waals surface area contributed by atoms with Crippen molar-refractivity contribution in [1.29, 1.82) is 5.26 Å². The summed E-state index contributed by atoms with van der Waals surface area (Å²) in [5, 5.41) is 19.1. The molecule has 0 amide bonds. The van der Waals surface area contributed by atoms with Crippen LogP contribution in [0.15, 0.2) is 59.8 Å². The Bertz CT molecular complexity index is 1660. The fourth-order valence-corrected chi connectivity index (χ4v) is 5.50. The van der Waals surface area contributed by atoms with E-state index in [0.717, 1.165) is 9.65 Å². The first-order valence-electron chi connectivity index (χ1n) is 9.39. The van der Waals surface area contributed by atoms with Crippen molar-refractivity contribution in [3.05, 3.63) is 76.7 Å². The number of hydrogen-bond acceptors (Lipinski definition) is 7. The highest BCUT2D eigenvalue weighted by atomic mass is 35.5. The highest BCUT2D eigenvalue weighted by molar-refractivity contribution is 7.90. The van der Waals surface area contributed by atoms with E-state index in [9.17, 15) is 22.1 Å². The smallest absolute Gasteiger partial charge is 0.244 e. The quantitative estimate of drug-likeness (QED) is 0.413. The number of halogens is 1. The number of aryl methyl sites for hydroxylation is 1. The largest absolute Gasteiger partial charge is 0.283 e. The van der Waals surface area contributed by atoms with Gasteiger partial charge in [0.05, 0.1) is 34.0 Å². The van der Waals surface area contributed by atoms with Crippen molar-refractivity contribution in [2.45, 2.75) is 17.6 Å². The second-order valence-electron chi connectivity index (χ2n) is 7.36. The molecule has 9 nitrogen and oxygen atoms in total. The van der Waals surface area contributed by atoms with Crippen LogP contribution in [0.4, 0.5) is 0 Å². The van der Waals surface area contributed by atoms with Crippen LogP contribution in [0.2, 0.25) is 5.15 Å². The minimum absolute atomic E-state index is 0.0265. The number of primary sulfonamides is 1. The Hall–Kier alpha value is -3.30. The lowest BCUT2D eigenvalue weighted by Crippen LogP contribution is -2.15. The second kappa shape index (κ2) is 8.24. The molecule has 0 fully saturated rings. The molecule has 168 valence electrons. The Morgan fingerprint density at radius 2 is 1.76 bits per heavy atom. The summed E-state index contributed by atoms with van der Waals surface area (Å²) in [5.41, 5.74) is 2.31. The summed E-state index contributed by atoms with van der Waals surface area (Å²) in [6.45, 7) is 1.84. The average Bonchev–Trinajstić information content (AvgIpc) is 3.19.